The molecule has 1 unspecified atom stereocenters. The lowest BCUT2D eigenvalue weighted by Gasteiger charge is -2.51. The predicted molar refractivity (Wildman–Crippen MR) is 330 cm³/mol. The van der Waals surface area contributed by atoms with Crippen molar-refractivity contribution in [1.82, 2.24) is 16.0 Å². The van der Waals surface area contributed by atoms with Gasteiger partial charge in [0, 0.05) is 20.8 Å². The van der Waals surface area contributed by atoms with Crippen molar-refractivity contribution in [3.05, 3.63) is 0 Å². The van der Waals surface area contributed by atoms with Gasteiger partial charge in [-0.25, -0.2) is 0 Å². The van der Waals surface area contributed by atoms with Gasteiger partial charge in [0.2, 0.25) is 17.7 Å². The Labute approximate surface area is 611 Å². The normalized spacial score (nSPS) is 50.4. The van der Waals surface area contributed by atoms with Gasteiger partial charge < -0.3 is 224 Å². The van der Waals surface area contributed by atoms with Crippen LogP contribution < -0.4 is 16.0 Å². The monoisotopic (exact) mass is 1580 g/mol. The molecule has 9 fully saturated rings. The number of hydrogen-bond acceptors (Lipinski definition) is 45. The van der Waals surface area contributed by atoms with Crippen LogP contribution in [0.3, 0.4) is 0 Å². The van der Waals surface area contributed by atoms with Crippen molar-refractivity contribution >= 4 is 17.7 Å². The van der Waals surface area contributed by atoms with Gasteiger partial charge in [-0.1, -0.05) is 0 Å². The molecule has 9 aliphatic heterocycles. The van der Waals surface area contributed by atoms with Crippen LogP contribution in [0.4, 0.5) is 0 Å². The first-order chi connectivity index (χ1) is 51.1. The molecule has 0 aromatic carbocycles. The van der Waals surface area contributed by atoms with Crippen LogP contribution in [0.2, 0.25) is 0 Å². The number of carbonyl (C=O) groups is 3. The first-order valence-electron chi connectivity index (χ1n) is 34.5. The molecule has 0 saturated carbocycles. The number of aliphatic hydroxyl groups excluding tert-OH is 25. The Bertz CT molecular complexity index is 2820. The number of amides is 3. The molecule has 108 heavy (non-hydrogen) atoms. The second kappa shape index (κ2) is 38.5. The van der Waals surface area contributed by atoms with E-state index >= 15 is 0 Å². The molecular weight excluding hydrogens is 1480 g/mol. The molecule has 0 radical (unpaired) electrons. The molecule has 45 atom stereocenters. The highest BCUT2D eigenvalue weighted by Crippen LogP contribution is 2.40. The Kier molecular flexibility index (Phi) is 31.6. The summed E-state index contributed by atoms with van der Waals surface area (Å²) in [4.78, 5) is 38.7. The summed E-state index contributed by atoms with van der Waals surface area (Å²) in [5.41, 5.74) is 0. The molecule has 48 heteroatoms. The molecular formula is C60H101N3O45. The van der Waals surface area contributed by atoms with Gasteiger partial charge in [-0.05, 0) is 6.92 Å². The van der Waals surface area contributed by atoms with Crippen molar-refractivity contribution in [3.63, 3.8) is 0 Å². The summed E-state index contributed by atoms with van der Waals surface area (Å²) in [5, 5.41) is 282. The molecule has 3 amide bonds. The van der Waals surface area contributed by atoms with E-state index in [0.717, 1.165) is 20.8 Å². The molecule has 28 N–H and O–H groups in total. The first-order valence-corrected chi connectivity index (χ1v) is 34.5. The Balaban J connectivity index is 0.948. The van der Waals surface area contributed by atoms with Crippen LogP contribution in [0.1, 0.15) is 27.7 Å². The maximum Gasteiger partial charge on any atom is 0.217 e. The molecule has 9 rings (SSSR count). The fraction of sp³-hybridized carbons (Fsp3) is 0.950. The zero-order chi connectivity index (χ0) is 79.5. The standard InChI is InChI=1S/C60H101N3O45/c1-13-28(74)36(82)41(87)56(93-13)108-51-38(84)30(76)18(6-65)97-60(51)105-47-23(11-70)100-55(27(35(47)81)63-16(4)73)107-50-32(78)24(101-59(44(50)90)104-48-20(8-67)94-52(91)40(86)39(48)85)12-92-53-25(61-14(2)71)33(79)45(21(9-68)98-53)103-58-43(89)49(31(77)19(7-66)96-58)106-54-26(62-15(3)72)34(80)46(22(10-69)99-54)102-57-42(88)37(83)29(75)17(5-64)95-57/h13,17-60,64-70,74-91H,5-12H2,1-4H3,(H,61,71)(H,62,72)(H,63,73)/t13-,17+,18+,19+,20+,21+,22+,23+,24+,25+,26+,27+,28+,29-,30-,31-,32-,33+,34+,35+,36+,37-,38-,39+,40+,41-,42+,43+,44+,45+,46+,47+,48+,49-,50-,51+,52?,53+,54-,55-,56-,57-,58-,59-,60-/m0/s1. The second-order valence-corrected chi connectivity index (χ2v) is 27.4. The lowest BCUT2D eigenvalue weighted by atomic mass is 9.94. The molecule has 48 nitrogen and oxygen atoms in total. The zero-order valence-electron chi connectivity index (χ0n) is 58.0. The summed E-state index contributed by atoms with van der Waals surface area (Å²) in [6.45, 7) is -4.34. The average molecular weight is 1580 g/mol. The van der Waals surface area contributed by atoms with Crippen LogP contribution in [0.5, 0.6) is 0 Å². The lowest BCUT2D eigenvalue weighted by molar-refractivity contribution is -0.392. The van der Waals surface area contributed by atoms with E-state index in [2.05, 4.69) is 16.0 Å². The van der Waals surface area contributed by atoms with Gasteiger partial charge in [-0.3, -0.25) is 14.4 Å². The summed E-state index contributed by atoms with van der Waals surface area (Å²) < 4.78 is 99.2. The first kappa shape index (κ1) is 88.7. The highest BCUT2D eigenvalue weighted by molar-refractivity contribution is 5.74. The summed E-state index contributed by atoms with van der Waals surface area (Å²) >= 11 is 0. The van der Waals surface area contributed by atoms with Gasteiger partial charge >= 0.3 is 0 Å². The Morgan fingerprint density at radius 3 is 0.972 bits per heavy atom. The van der Waals surface area contributed by atoms with Crippen molar-refractivity contribution in [2.24, 2.45) is 0 Å². The van der Waals surface area contributed by atoms with E-state index in [1.165, 1.54) is 6.92 Å². The minimum absolute atomic E-state index is 0.877. The zero-order valence-corrected chi connectivity index (χ0v) is 58.0. The van der Waals surface area contributed by atoms with Crippen LogP contribution in [0.25, 0.3) is 0 Å². The topological polar surface area (TPSA) is 750 Å². The van der Waals surface area contributed by atoms with E-state index in [1.54, 1.807) is 0 Å². The Hall–Kier alpha value is -3.27. The molecule has 626 valence electrons. The van der Waals surface area contributed by atoms with Gasteiger partial charge in [0.1, 0.15) is 213 Å². The van der Waals surface area contributed by atoms with E-state index in [4.69, 9.17) is 80.5 Å². The summed E-state index contributed by atoms with van der Waals surface area (Å²) in [5.74, 6) is -2.76. The van der Waals surface area contributed by atoms with Crippen LogP contribution in [0, 0.1) is 0 Å². The van der Waals surface area contributed by atoms with Crippen LogP contribution in [-0.4, -0.2) is 474 Å². The van der Waals surface area contributed by atoms with E-state index in [1.807, 2.05) is 0 Å². The van der Waals surface area contributed by atoms with Gasteiger partial charge in [0.15, 0.2) is 56.6 Å². The van der Waals surface area contributed by atoms with Gasteiger partial charge in [-0.2, -0.15) is 0 Å². The predicted octanol–water partition coefficient (Wildman–Crippen LogP) is -19.2. The van der Waals surface area contributed by atoms with E-state index in [-0.39, 0.29) is 0 Å². The number of hydrogen-bond donors (Lipinski definition) is 28. The lowest BCUT2D eigenvalue weighted by Crippen LogP contribution is -2.70. The van der Waals surface area contributed by atoms with Crippen molar-refractivity contribution in [1.29, 1.82) is 0 Å². The Morgan fingerprint density at radius 2 is 0.546 bits per heavy atom. The minimum Gasteiger partial charge on any atom is -0.394 e. The maximum absolute atomic E-state index is 13.0. The van der Waals surface area contributed by atoms with Gasteiger partial charge in [0.05, 0.1) is 59.0 Å². The number of rotatable bonds is 27. The molecule has 0 aromatic heterocycles. The third kappa shape index (κ3) is 19.1. The number of carbonyl (C=O) groups excluding carboxylic acids is 3. The number of ether oxygens (including phenoxy) is 17. The molecule has 0 bridgehead atoms. The maximum atomic E-state index is 13.0. The Morgan fingerprint density at radius 1 is 0.259 bits per heavy atom. The van der Waals surface area contributed by atoms with Crippen LogP contribution >= 0.6 is 0 Å². The third-order valence-electron chi connectivity index (χ3n) is 19.9. The van der Waals surface area contributed by atoms with E-state index < -0.39 is 347 Å². The van der Waals surface area contributed by atoms with Crippen molar-refractivity contribution in [2.45, 2.75) is 304 Å². The van der Waals surface area contributed by atoms with E-state index in [0.29, 0.717) is 0 Å². The van der Waals surface area contributed by atoms with Gasteiger partial charge in [0.25, 0.3) is 0 Å². The van der Waals surface area contributed by atoms with E-state index in [9.17, 15) is 142 Å². The van der Waals surface area contributed by atoms with Crippen molar-refractivity contribution < 1.29 is 223 Å². The molecule has 0 aliphatic carbocycles. The largest absolute Gasteiger partial charge is 0.394 e. The fourth-order valence-electron chi connectivity index (χ4n) is 14.0. The number of aliphatic hydroxyl groups is 25. The van der Waals surface area contributed by atoms with Crippen LogP contribution in [-0.2, 0) is 94.9 Å². The number of nitrogens with one attached hydrogen (secondary N) is 3. The second-order valence-electron chi connectivity index (χ2n) is 27.4. The molecule has 9 aliphatic rings. The summed E-state index contributed by atoms with van der Waals surface area (Å²) in [6, 6.07) is -5.65. The molecule has 9 saturated heterocycles. The summed E-state index contributed by atoms with van der Waals surface area (Å²) in [7, 11) is 0. The molecule has 9 heterocycles. The van der Waals surface area contributed by atoms with Crippen molar-refractivity contribution in [2.75, 3.05) is 52.9 Å². The SMILES string of the molecule is CC(=O)N[C@H]1[C@H](O[C@H]2[C@@H](O)[C@@H](CO)O[C@@H](O[C@H]3[C@H](O)[C@@H](NC(C)=O)[C@H](OC[C@H]4O[C@@H](O[C@H]5[C@H](O)[C@@H](O)C(O)O[C@@H]5CO)[C@H](O)[C@@H](O[C@@H]5O[C@H](CO)[C@@H](O[C@@H]6O[C@H](CO)[C@H](O)[C@H](O)[C@H]6O[C@@H]6O[C@@H](C)[C@@H](O)[C@@H](O)[C@@H]6O)[C@H](O)[C@H]5NC(C)=O)[C@H]4O)O[C@@H]3CO)[C@@H]2O)O[C@H](CO)[C@@H](O[C@@H]2O[C@H](CO)[C@H](O)[C@H](O)[C@H]2O)[C@@H]1O. The molecule has 0 aromatic rings. The highest BCUT2D eigenvalue weighted by atomic mass is 16.8. The fourth-order valence-corrected chi connectivity index (χ4v) is 14.0. The van der Waals surface area contributed by atoms with Gasteiger partial charge in [-0.15, -0.1) is 0 Å². The third-order valence-corrected chi connectivity index (χ3v) is 19.9. The smallest absolute Gasteiger partial charge is 0.217 e. The highest BCUT2D eigenvalue weighted by Gasteiger charge is 2.61. The van der Waals surface area contributed by atoms with Crippen molar-refractivity contribution in [3.8, 4) is 0 Å². The summed E-state index contributed by atoms with van der Waals surface area (Å²) in [6.07, 6.45) is -83.7. The minimum atomic E-state index is -2.40. The molecule has 0 spiro atoms. The van der Waals surface area contributed by atoms with Crippen LogP contribution in [0.15, 0.2) is 0 Å². The quantitative estimate of drug-likeness (QED) is 0.0363. The average Bonchev–Trinajstić information content (AvgIpc) is 0.772.